The smallest absolute Gasteiger partial charge is 0.224 e. The van der Waals surface area contributed by atoms with Gasteiger partial charge in [0.15, 0.2) is 0 Å². The molecule has 0 aliphatic rings. The molecule has 3 heteroatoms. The van der Waals surface area contributed by atoms with Crippen LogP contribution in [0.5, 0.6) is 5.75 Å². The molecule has 0 unspecified atom stereocenters. The first kappa shape index (κ1) is 11.5. The summed E-state index contributed by atoms with van der Waals surface area (Å²) in [6, 6.07) is 18.9. The lowest BCUT2D eigenvalue weighted by molar-refractivity contribution is -0.565. The van der Waals surface area contributed by atoms with Gasteiger partial charge < -0.3 is 9.94 Å². The topological polar surface area (TPSA) is 36.2 Å². The SMILES string of the molecule is COc1ccc2c(ccc(-c3ccccc3)[n+]2[O-])c1. The zero-order chi connectivity index (χ0) is 13.2. The Morgan fingerprint density at radius 3 is 2.47 bits per heavy atom. The van der Waals surface area contributed by atoms with Crippen LogP contribution in [0.1, 0.15) is 0 Å². The summed E-state index contributed by atoms with van der Waals surface area (Å²) in [6.45, 7) is 0. The maximum atomic E-state index is 12.4. The van der Waals surface area contributed by atoms with Crippen molar-refractivity contribution < 1.29 is 9.47 Å². The van der Waals surface area contributed by atoms with Gasteiger partial charge in [0.2, 0.25) is 11.2 Å². The second-order valence-electron chi connectivity index (χ2n) is 4.30. The highest BCUT2D eigenvalue weighted by molar-refractivity contribution is 5.79. The zero-order valence-electron chi connectivity index (χ0n) is 10.5. The number of fused-ring (bicyclic) bond motifs is 1. The van der Waals surface area contributed by atoms with Crippen LogP contribution in [0.2, 0.25) is 0 Å². The van der Waals surface area contributed by atoms with Gasteiger partial charge in [-0.15, -0.1) is 0 Å². The summed E-state index contributed by atoms with van der Waals surface area (Å²) < 4.78 is 6.13. The van der Waals surface area contributed by atoms with Crippen molar-refractivity contribution in [3.8, 4) is 17.0 Å². The Bertz CT molecular complexity index is 723. The van der Waals surface area contributed by atoms with Gasteiger partial charge in [-0.3, -0.25) is 0 Å². The highest BCUT2D eigenvalue weighted by atomic mass is 16.5. The van der Waals surface area contributed by atoms with Gasteiger partial charge in [0.05, 0.1) is 12.5 Å². The maximum Gasteiger partial charge on any atom is 0.224 e. The lowest BCUT2D eigenvalue weighted by Gasteiger charge is -2.08. The standard InChI is InChI=1S/C16H13NO2/c1-19-14-8-10-16-13(11-14)7-9-15(17(16)18)12-5-3-2-4-6-12/h2-11H,1H3. The first-order chi connectivity index (χ1) is 9.29. The number of rotatable bonds is 2. The number of aromatic nitrogens is 1. The predicted octanol–water partition coefficient (Wildman–Crippen LogP) is 3.15. The average molecular weight is 251 g/mol. The molecule has 3 aromatic rings. The quantitative estimate of drug-likeness (QED) is 0.518. The number of ether oxygens (including phenoxy) is 1. The number of nitrogens with zero attached hydrogens (tertiary/aromatic N) is 1. The van der Waals surface area contributed by atoms with Crippen LogP contribution in [0, 0.1) is 5.21 Å². The summed E-state index contributed by atoms with van der Waals surface area (Å²) in [4.78, 5) is 0. The zero-order valence-corrected chi connectivity index (χ0v) is 10.5. The van der Waals surface area contributed by atoms with E-state index in [1.807, 2.05) is 48.5 Å². The summed E-state index contributed by atoms with van der Waals surface area (Å²) in [5.74, 6) is 0.750. The third-order valence-electron chi connectivity index (χ3n) is 3.16. The second-order valence-corrected chi connectivity index (χ2v) is 4.30. The molecule has 0 fully saturated rings. The summed E-state index contributed by atoms with van der Waals surface area (Å²) in [7, 11) is 1.62. The normalized spacial score (nSPS) is 10.6. The number of benzene rings is 2. The van der Waals surface area contributed by atoms with E-state index in [1.54, 1.807) is 19.2 Å². The van der Waals surface area contributed by atoms with E-state index >= 15 is 0 Å². The fraction of sp³-hybridized carbons (Fsp3) is 0.0625. The molecule has 0 N–H and O–H groups in total. The molecule has 3 rings (SSSR count). The Kier molecular flexibility index (Phi) is 2.80. The molecule has 19 heavy (non-hydrogen) atoms. The van der Waals surface area contributed by atoms with Crippen LogP contribution >= 0.6 is 0 Å². The van der Waals surface area contributed by atoms with E-state index in [-0.39, 0.29) is 0 Å². The molecule has 94 valence electrons. The molecular weight excluding hydrogens is 238 g/mol. The van der Waals surface area contributed by atoms with Crippen molar-refractivity contribution in [3.05, 3.63) is 65.9 Å². The fourth-order valence-corrected chi connectivity index (χ4v) is 2.17. The third kappa shape index (κ3) is 1.99. The van der Waals surface area contributed by atoms with Crippen LogP contribution in [-0.2, 0) is 0 Å². The fourth-order valence-electron chi connectivity index (χ4n) is 2.17. The molecule has 0 aliphatic carbocycles. The van der Waals surface area contributed by atoms with Crippen molar-refractivity contribution in [2.24, 2.45) is 0 Å². The largest absolute Gasteiger partial charge is 0.618 e. The molecule has 0 amide bonds. The molecule has 0 atom stereocenters. The van der Waals surface area contributed by atoms with Crippen LogP contribution in [0.4, 0.5) is 0 Å². The molecule has 3 nitrogen and oxygen atoms in total. The Hall–Kier alpha value is -2.55. The van der Waals surface area contributed by atoms with Gasteiger partial charge in [-0.2, -0.15) is 4.73 Å². The highest BCUT2D eigenvalue weighted by Gasteiger charge is 2.12. The van der Waals surface area contributed by atoms with Gasteiger partial charge in [-0.25, -0.2) is 0 Å². The summed E-state index contributed by atoms with van der Waals surface area (Å²) in [5, 5.41) is 13.3. The Morgan fingerprint density at radius 2 is 1.74 bits per heavy atom. The number of hydrogen-bond acceptors (Lipinski definition) is 2. The number of pyridine rings is 1. The van der Waals surface area contributed by atoms with E-state index in [9.17, 15) is 5.21 Å². The van der Waals surface area contributed by atoms with Crippen LogP contribution < -0.4 is 9.47 Å². The van der Waals surface area contributed by atoms with Gasteiger partial charge >= 0.3 is 0 Å². The van der Waals surface area contributed by atoms with E-state index < -0.39 is 0 Å². The van der Waals surface area contributed by atoms with Crippen molar-refractivity contribution in [1.29, 1.82) is 0 Å². The molecule has 0 bridgehead atoms. The van der Waals surface area contributed by atoms with Crippen molar-refractivity contribution in [3.63, 3.8) is 0 Å². The molecule has 0 saturated carbocycles. The lowest BCUT2D eigenvalue weighted by atomic mass is 10.1. The van der Waals surface area contributed by atoms with Gasteiger partial charge in [-0.1, -0.05) is 18.2 Å². The molecule has 0 spiro atoms. The van der Waals surface area contributed by atoms with Crippen LogP contribution in [-0.4, -0.2) is 7.11 Å². The first-order valence-electron chi connectivity index (χ1n) is 6.05. The second kappa shape index (κ2) is 4.61. The molecule has 1 heterocycles. The van der Waals surface area contributed by atoms with Gasteiger partial charge in [0, 0.05) is 17.7 Å². The molecule has 0 saturated heterocycles. The van der Waals surface area contributed by atoms with E-state index in [2.05, 4.69) is 0 Å². The van der Waals surface area contributed by atoms with Gasteiger partial charge in [0.25, 0.3) is 0 Å². The van der Waals surface area contributed by atoms with Crippen molar-refractivity contribution >= 4 is 10.9 Å². The number of methoxy groups -OCH3 is 1. The molecule has 0 radical (unpaired) electrons. The minimum atomic E-state index is 0.641. The minimum Gasteiger partial charge on any atom is -0.618 e. The van der Waals surface area contributed by atoms with E-state index in [0.29, 0.717) is 11.2 Å². The maximum absolute atomic E-state index is 12.4. The third-order valence-corrected chi connectivity index (χ3v) is 3.16. The van der Waals surface area contributed by atoms with Crippen LogP contribution in [0.15, 0.2) is 60.7 Å². The monoisotopic (exact) mass is 251 g/mol. The summed E-state index contributed by atoms with van der Waals surface area (Å²) in [5.41, 5.74) is 2.20. The number of hydrogen-bond donors (Lipinski definition) is 0. The van der Waals surface area contributed by atoms with E-state index in [1.165, 1.54) is 0 Å². The van der Waals surface area contributed by atoms with Gasteiger partial charge in [-0.05, 0) is 30.3 Å². The molecular formula is C16H13NO2. The van der Waals surface area contributed by atoms with Gasteiger partial charge in [0.1, 0.15) is 5.75 Å². The van der Waals surface area contributed by atoms with E-state index in [4.69, 9.17) is 4.74 Å². The average Bonchev–Trinajstić information content (AvgIpc) is 2.48. The Labute approximate surface area is 111 Å². The highest BCUT2D eigenvalue weighted by Crippen LogP contribution is 2.22. The Morgan fingerprint density at radius 1 is 0.947 bits per heavy atom. The summed E-state index contributed by atoms with van der Waals surface area (Å²) in [6.07, 6.45) is 0. The first-order valence-corrected chi connectivity index (χ1v) is 6.05. The summed E-state index contributed by atoms with van der Waals surface area (Å²) >= 11 is 0. The van der Waals surface area contributed by atoms with Crippen molar-refractivity contribution in [1.82, 2.24) is 0 Å². The molecule has 0 aliphatic heterocycles. The lowest BCUT2D eigenvalue weighted by Crippen LogP contribution is -2.29. The molecule has 1 aromatic heterocycles. The van der Waals surface area contributed by atoms with Crippen molar-refractivity contribution in [2.75, 3.05) is 7.11 Å². The van der Waals surface area contributed by atoms with Crippen molar-refractivity contribution in [2.45, 2.75) is 0 Å². The van der Waals surface area contributed by atoms with Crippen LogP contribution in [0.25, 0.3) is 22.2 Å². The predicted molar refractivity (Wildman–Crippen MR) is 74.9 cm³/mol. The molecule has 2 aromatic carbocycles. The van der Waals surface area contributed by atoms with E-state index in [0.717, 1.165) is 21.4 Å². The minimum absolute atomic E-state index is 0.641. The van der Waals surface area contributed by atoms with Crippen LogP contribution in [0.3, 0.4) is 0 Å². The Balaban J connectivity index is 2.22.